The lowest BCUT2D eigenvalue weighted by Gasteiger charge is -2.39. The molecule has 1 fully saturated rings. The molecule has 2 N–H and O–H groups in total. The average Bonchev–Trinajstić information content (AvgIpc) is 3.16. The molecule has 144 valence electrons. The van der Waals surface area contributed by atoms with Gasteiger partial charge in [0.05, 0.1) is 17.5 Å². The molecule has 27 heavy (non-hydrogen) atoms. The maximum absolute atomic E-state index is 10.9. The summed E-state index contributed by atoms with van der Waals surface area (Å²) in [5, 5.41) is 24.4. The Morgan fingerprint density at radius 3 is 2.56 bits per heavy atom. The smallest absolute Gasteiger partial charge is 0.230 e. The Bertz CT molecular complexity index is 929. The predicted molar refractivity (Wildman–Crippen MR) is 105 cm³/mol. The van der Waals surface area contributed by atoms with Crippen LogP contribution < -0.4 is 0 Å². The van der Waals surface area contributed by atoms with Gasteiger partial charge in [-0.15, -0.1) is 5.10 Å². The van der Waals surface area contributed by atoms with Gasteiger partial charge in [-0.1, -0.05) is 35.6 Å². The molecular weight excluding hydrogens is 362 g/mol. The molecule has 0 bridgehead atoms. The van der Waals surface area contributed by atoms with Crippen LogP contribution in [0, 0.1) is 13.8 Å². The van der Waals surface area contributed by atoms with Crippen LogP contribution in [0.15, 0.2) is 24.3 Å². The van der Waals surface area contributed by atoms with Crippen molar-refractivity contribution in [2.24, 2.45) is 0 Å². The number of rotatable bonds is 5. The zero-order chi connectivity index (χ0) is 19.0. The van der Waals surface area contributed by atoms with Crippen LogP contribution in [0.3, 0.4) is 0 Å². The molecule has 1 aliphatic rings. The van der Waals surface area contributed by atoms with Crippen molar-refractivity contribution in [2.45, 2.75) is 19.9 Å². The van der Waals surface area contributed by atoms with Gasteiger partial charge in [0, 0.05) is 32.7 Å². The zero-order valence-electron chi connectivity index (χ0n) is 15.7. The van der Waals surface area contributed by atoms with Crippen LogP contribution in [0.4, 0.5) is 0 Å². The largest absolute Gasteiger partial charge is 0.492 e. The number of hydrogen-bond donors (Lipinski definition) is 2. The van der Waals surface area contributed by atoms with Gasteiger partial charge in [0.1, 0.15) is 5.82 Å². The minimum absolute atomic E-state index is 0.0312. The third kappa shape index (κ3) is 3.45. The quantitative estimate of drug-likeness (QED) is 0.695. The standard InChI is InChI=1S/C19H25N5O2S/c1-13-5-3-4-6-15(13)16(23-9-7-22(8-10-23)11-12-25)17-18(26)24-19(27-17)20-14(2)21-24/h3-6,16,25-26H,7-12H2,1-2H3/t16-/m0/s1. The fourth-order valence-electron chi connectivity index (χ4n) is 3.81. The first kappa shape index (κ1) is 18.4. The van der Waals surface area contributed by atoms with Crippen LogP contribution >= 0.6 is 11.3 Å². The second-order valence-electron chi connectivity index (χ2n) is 7.00. The number of hydrogen-bond acceptors (Lipinski definition) is 7. The van der Waals surface area contributed by atoms with E-state index in [-0.39, 0.29) is 18.5 Å². The lowest BCUT2D eigenvalue weighted by atomic mass is 9.98. The summed E-state index contributed by atoms with van der Waals surface area (Å²) in [6.45, 7) is 8.42. The Hall–Kier alpha value is -2.00. The number of fused-ring (bicyclic) bond motifs is 1. The average molecular weight is 388 g/mol. The second kappa shape index (κ2) is 7.55. The van der Waals surface area contributed by atoms with Gasteiger partial charge in [-0.3, -0.25) is 9.80 Å². The number of aliphatic hydroxyl groups is 1. The third-order valence-electron chi connectivity index (χ3n) is 5.23. The summed E-state index contributed by atoms with van der Waals surface area (Å²) in [7, 11) is 0. The van der Waals surface area contributed by atoms with Crippen molar-refractivity contribution in [3.8, 4) is 5.88 Å². The number of thiazole rings is 1. The summed E-state index contributed by atoms with van der Waals surface area (Å²) < 4.78 is 1.54. The van der Waals surface area contributed by atoms with Crippen LogP contribution in [0.5, 0.6) is 5.88 Å². The molecule has 0 spiro atoms. The normalized spacial score (nSPS) is 17.6. The number of β-amino-alcohol motifs (C(OH)–C–C–N with tert-alkyl or cyclic N) is 1. The van der Waals surface area contributed by atoms with Gasteiger partial charge in [-0.25, -0.2) is 4.98 Å². The second-order valence-corrected chi connectivity index (χ2v) is 8.01. The van der Waals surface area contributed by atoms with Crippen LogP contribution in [0.1, 0.15) is 27.9 Å². The molecule has 8 heteroatoms. The van der Waals surface area contributed by atoms with E-state index in [9.17, 15) is 10.2 Å². The van der Waals surface area contributed by atoms with E-state index >= 15 is 0 Å². The highest BCUT2D eigenvalue weighted by atomic mass is 32.1. The molecule has 7 nitrogen and oxygen atoms in total. The van der Waals surface area contributed by atoms with Gasteiger partial charge in [-0.05, 0) is 25.0 Å². The van der Waals surface area contributed by atoms with Crippen molar-refractivity contribution in [1.29, 1.82) is 0 Å². The molecule has 1 aliphatic heterocycles. The minimum atomic E-state index is -0.0312. The lowest BCUT2D eigenvalue weighted by molar-refractivity contribution is 0.0944. The number of piperazine rings is 1. The summed E-state index contributed by atoms with van der Waals surface area (Å²) in [5.74, 6) is 0.842. The van der Waals surface area contributed by atoms with Crippen LogP contribution in [-0.4, -0.2) is 73.9 Å². The van der Waals surface area contributed by atoms with E-state index in [1.165, 1.54) is 22.5 Å². The number of nitrogens with zero attached hydrogens (tertiary/aromatic N) is 5. The van der Waals surface area contributed by atoms with Crippen LogP contribution in [0.2, 0.25) is 0 Å². The van der Waals surface area contributed by atoms with Crippen LogP contribution in [-0.2, 0) is 0 Å². The third-order valence-corrected chi connectivity index (χ3v) is 6.30. The molecule has 4 rings (SSSR count). The van der Waals surface area contributed by atoms with E-state index in [1.807, 2.05) is 13.0 Å². The number of aliphatic hydroxyl groups excluding tert-OH is 1. The van der Waals surface area contributed by atoms with E-state index < -0.39 is 0 Å². The molecule has 2 aromatic heterocycles. The Kier molecular flexibility index (Phi) is 5.14. The molecule has 3 aromatic rings. The molecule has 1 aromatic carbocycles. The van der Waals surface area contributed by atoms with Gasteiger partial charge in [0.25, 0.3) is 0 Å². The summed E-state index contributed by atoms with van der Waals surface area (Å²) in [5.41, 5.74) is 2.40. The highest BCUT2D eigenvalue weighted by Crippen LogP contribution is 2.41. The molecule has 0 aliphatic carbocycles. The summed E-state index contributed by atoms with van der Waals surface area (Å²) in [6, 6.07) is 8.32. The van der Waals surface area contributed by atoms with E-state index in [0.29, 0.717) is 12.4 Å². The van der Waals surface area contributed by atoms with Crippen molar-refractivity contribution < 1.29 is 10.2 Å². The molecule has 0 amide bonds. The zero-order valence-corrected chi connectivity index (χ0v) is 16.5. The minimum Gasteiger partial charge on any atom is -0.492 e. The number of benzene rings is 1. The van der Waals surface area contributed by atoms with Gasteiger partial charge >= 0.3 is 0 Å². The van der Waals surface area contributed by atoms with Crippen molar-refractivity contribution in [3.63, 3.8) is 0 Å². The number of aryl methyl sites for hydroxylation is 2. The molecule has 0 saturated carbocycles. The van der Waals surface area contributed by atoms with Crippen molar-refractivity contribution >= 4 is 16.3 Å². The Labute approximate surface area is 162 Å². The number of aromatic hydroxyl groups is 1. The van der Waals surface area contributed by atoms with Crippen LogP contribution in [0.25, 0.3) is 4.96 Å². The Morgan fingerprint density at radius 1 is 1.15 bits per heavy atom. The number of aromatic nitrogens is 3. The van der Waals surface area contributed by atoms with Gasteiger partial charge in [0.2, 0.25) is 10.8 Å². The van der Waals surface area contributed by atoms with E-state index in [4.69, 9.17) is 0 Å². The van der Waals surface area contributed by atoms with Gasteiger partial charge in [0.15, 0.2) is 0 Å². The SMILES string of the molecule is Cc1nc2sc([C@H](c3ccccc3C)N3CCN(CCO)CC3)c(O)n2n1. The van der Waals surface area contributed by atoms with E-state index in [1.54, 1.807) is 4.52 Å². The molecule has 1 atom stereocenters. The van der Waals surface area contributed by atoms with Crippen molar-refractivity contribution in [1.82, 2.24) is 24.4 Å². The lowest BCUT2D eigenvalue weighted by Crippen LogP contribution is -2.48. The monoisotopic (exact) mass is 387 g/mol. The fourth-order valence-corrected chi connectivity index (χ4v) is 4.96. The highest BCUT2D eigenvalue weighted by Gasteiger charge is 2.32. The first-order chi connectivity index (χ1) is 13.1. The van der Waals surface area contributed by atoms with Crippen molar-refractivity contribution in [2.75, 3.05) is 39.3 Å². The first-order valence-corrected chi connectivity index (χ1v) is 10.1. The molecule has 3 heterocycles. The molecule has 0 radical (unpaired) electrons. The van der Waals surface area contributed by atoms with Crippen molar-refractivity contribution in [3.05, 3.63) is 46.1 Å². The Morgan fingerprint density at radius 2 is 1.89 bits per heavy atom. The maximum atomic E-state index is 10.9. The molecule has 1 saturated heterocycles. The molecular formula is C19H25N5O2S. The highest BCUT2D eigenvalue weighted by molar-refractivity contribution is 7.17. The maximum Gasteiger partial charge on any atom is 0.230 e. The predicted octanol–water partition coefficient (Wildman–Crippen LogP) is 1.81. The fraction of sp³-hybridized carbons (Fsp3) is 0.474. The van der Waals surface area contributed by atoms with Gasteiger partial charge in [-0.2, -0.15) is 4.52 Å². The topological polar surface area (TPSA) is 77.1 Å². The first-order valence-electron chi connectivity index (χ1n) is 9.26. The van der Waals surface area contributed by atoms with Gasteiger partial charge < -0.3 is 10.2 Å². The van der Waals surface area contributed by atoms with E-state index in [2.05, 4.69) is 45.0 Å². The Balaban J connectivity index is 1.73. The summed E-state index contributed by atoms with van der Waals surface area (Å²) >= 11 is 1.51. The summed E-state index contributed by atoms with van der Waals surface area (Å²) in [6.07, 6.45) is 0. The molecule has 0 unspecified atom stereocenters. The van der Waals surface area contributed by atoms with E-state index in [0.717, 1.165) is 36.0 Å². The summed E-state index contributed by atoms with van der Waals surface area (Å²) in [4.78, 5) is 10.7.